The first-order valence-electron chi connectivity index (χ1n) is 10.7. The molecule has 0 saturated carbocycles. The molecule has 190 valence electrons. The normalized spacial score (nSPS) is 18.2. The average molecular weight is 532 g/mol. The van der Waals surface area contributed by atoms with Crippen molar-refractivity contribution in [3.05, 3.63) is 87.9 Å². The summed E-state index contributed by atoms with van der Waals surface area (Å²) in [6, 6.07) is 6.91. The number of nitrogens with zero attached hydrogens (tertiary/aromatic N) is 2. The zero-order valence-electron chi connectivity index (χ0n) is 18.9. The van der Waals surface area contributed by atoms with Gasteiger partial charge in [-0.15, -0.1) is 0 Å². The molecule has 37 heavy (non-hydrogen) atoms. The fraction of sp³-hybridized carbons (Fsp3) is 0.192. The van der Waals surface area contributed by atoms with Crippen molar-refractivity contribution in [2.75, 3.05) is 0 Å². The van der Waals surface area contributed by atoms with E-state index in [-0.39, 0.29) is 22.2 Å². The van der Waals surface area contributed by atoms with E-state index in [0.29, 0.717) is 10.7 Å². The summed E-state index contributed by atoms with van der Waals surface area (Å²) in [7, 11) is 0. The van der Waals surface area contributed by atoms with Crippen LogP contribution in [0.15, 0.2) is 60.5 Å². The molecule has 0 spiro atoms. The molecule has 0 amide bonds. The molecule has 11 heteroatoms. The van der Waals surface area contributed by atoms with Gasteiger partial charge in [0.1, 0.15) is 11.9 Å². The number of fused-ring (bicyclic) bond motifs is 1. The molecule has 4 rings (SSSR count). The van der Waals surface area contributed by atoms with Gasteiger partial charge in [-0.3, -0.25) is 4.79 Å². The van der Waals surface area contributed by atoms with E-state index < -0.39 is 58.0 Å². The van der Waals surface area contributed by atoms with Gasteiger partial charge in [0.25, 0.3) is 5.91 Å². The van der Waals surface area contributed by atoms with Crippen molar-refractivity contribution in [2.24, 2.45) is 0 Å². The highest BCUT2D eigenvalue weighted by atomic mass is 35.5. The zero-order valence-corrected chi connectivity index (χ0v) is 19.7. The number of carboxylic acid groups (broad SMARTS) is 1. The Balaban J connectivity index is 2.04. The fourth-order valence-corrected chi connectivity index (χ4v) is 4.30. The standard InChI is InChI=1S/C26H17ClF4N2O4/c1-14(34)7-8-15-9-10-17-20(12-15)33(23(35)21-18(26(29,30)31)5-2-6-19(21)27)32-22(17)25(24(36)37)11-3-4-16(28)13-25/h2-6,9-12,14,34H,13H2,1H3,(H,36,37)/p-1. The second-order valence-electron chi connectivity index (χ2n) is 8.31. The van der Waals surface area contributed by atoms with E-state index in [9.17, 15) is 37.4 Å². The summed E-state index contributed by atoms with van der Waals surface area (Å²) < 4.78 is 56.1. The van der Waals surface area contributed by atoms with E-state index in [0.717, 1.165) is 30.4 Å². The Kier molecular flexibility index (Phi) is 6.71. The molecular formula is C26H16ClF4N2O4-. The van der Waals surface area contributed by atoms with Crippen LogP contribution in [0.5, 0.6) is 0 Å². The molecule has 2 atom stereocenters. The fourth-order valence-electron chi connectivity index (χ4n) is 4.05. The number of hydrogen-bond donors (Lipinski definition) is 1. The van der Waals surface area contributed by atoms with Crippen molar-refractivity contribution in [1.29, 1.82) is 0 Å². The molecule has 3 aromatic rings. The van der Waals surface area contributed by atoms with Crippen molar-refractivity contribution in [1.82, 2.24) is 9.78 Å². The molecule has 6 nitrogen and oxygen atoms in total. The van der Waals surface area contributed by atoms with Gasteiger partial charge in [-0.25, -0.2) is 4.39 Å². The number of carbonyl (C=O) groups is 2. The summed E-state index contributed by atoms with van der Waals surface area (Å²) in [6.07, 6.45) is -3.29. The van der Waals surface area contributed by atoms with E-state index in [1.54, 1.807) is 0 Å². The van der Waals surface area contributed by atoms with Crippen LogP contribution in [0.3, 0.4) is 0 Å². The summed E-state index contributed by atoms with van der Waals surface area (Å²) in [5.41, 5.74) is -4.54. The third-order valence-electron chi connectivity index (χ3n) is 5.72. The molecule has 0 bridgehead atoms. The highest BCUT2D eigenvalue weighted by Gasteiger charge is 2.41. The minimum atomic E-state index is -4.94. The summed E-state index contributed by atoms with van der Waals surface area (Å²) in [5.74, 6) is 1.33. The van der Waals surface area contributed by atoms with Gasteiger partial charge in [0.15, 0.2) is 0 Å². The third kappa shape index (κ3) is 4.75. The maximum absolute atomic E-state index is 14.3. The maximum Gasteiger partial charge on any atom is 0.417 e. The van der Waals surface area contributed by atoms with E-state index in [1.165, 1.54) is 25.1 Å². The number of aromatic nitrogens is 2. The Morgan fingerprint density at radius 1 is 1.27 bits per heavy atom. The number of alkyl halides is 3. The van der Waals surface area contributed by atoms with Gasteiger partial charge in [-0.05, 0) is 43.3 Å². The summed E-state index contributed by atoms with van der Waals surface area (Å²) >= 11 is 6.02. The molecule has 1 N–H and O–H groups in total. The first kappa shape index (κ1) is 26.1. The Morgan fingerprint density at radius 3 is 2.62 bits per heavy atom. The van der Waals surface area contributed by atoms with Gasteiger partial charge < -0.3 is 15.0 Å². The predicted molar refractivity (Wildman–Crippen MR) is 124 cm³/mol. The van der Waals surface area contributed by atoms with Crippen LogP contribution in [-0.2, 0) is 16.4 Å². The number of carbonyl (C=O) groups excluding carboxylic acids is 2. The molecule has 2 aromatic carbocycles. The minimum absolute atomic E-state index is 0.0418. The first-order chi connectivity index (χ1) is 17.3. The largest absolute Gasteiger partial charge is 0.549 e. The molecule has 0 aliphatic heterocycles. The second kappa shape index (κ2) is 9.50. The Bertz CT molecular complexity index is 1560. The predicted octanol–water partition coefficient (Wildman–Crippen LogP) is 3.93. The lowest BCUT2D eigenvalue weighted by Gasteiger charge is -2.31. The van der Waals surface area contributed by atoms with Gasteiger partial charge in [0.2, 0.25) is 0 Å². The second-order valence-corrected chi connectivity index (χ2v) is 8.72. The van der Waals surface area contributed by atoms with E-state index in [1.807, 2.05) is 0 Å². The van der Waals surface area contributed by atoms with Crippen molar-refractivity contribution in [3.63, 3.8) is 0 Å². The van der Waals surface area contributed by atoms with E-state index in [2.05, 4.69) is 16.9 Å². The van der Waals surface area contributed by atoms with Gasteiger partial charge in [-0.2, -0.15) is 23.0 Å². The molecule has 0 radical (unpaired) electrons. The van der Waals surface area contributed by atoms with Crippen molar-refractivity contribution >= 4 is 34.4 Å². The highest BCUT2D eigenvalue weighted by molar-refractivity contribution is 6.34. The number of allylic oxidation sites excluding steroid dienone is 3. The third-order valence-corrected chi connectivity index (χ3v) is 6.04. The van der Waals surface area contributed by atoms with E-state index in [4.69, 9.17) is 11.6 Å². The number of benzene rings is 2. The van der Waals surface area contributed by atoms with Crippen LogP contribution in [-0.4, -0.2) is 32.9 Å². The Hall–Kier alpha value is -3.94. The highest BCUT2D eigenvalue weighted by Crippen LogP contribution is 2.40. The van der Waals surface area contributed by atoms with Crippen LogP contribution in [0.2, 0.25) is 5.02 Å². The number of halogens is 5. The van der Waals surface area contributed by atoms with Gasteiger partial charge in [-0.1, -0.05) is 41.7 Å². The smallest absolute Gasteiger partial charge is 0.417 e. The SMILES string of the molecule is CC(O)C#Cc1ccc2c(C3(C(=O)[O-])C=CC=C(F)C3)nn(C(=O)c3c(Cl)cccc3C(F)(F)F)c2c1. The zero-order chi connectivity index (χ0) is 27.1. The van der Waals surface area contributed by atoms with Crippen LogP contribution < -0.4 is 5.11 Å². The molecule has 2 unspecified atom stereocenters. The van der Waals surface area contributed by atoms with Crippen LogP contribution in [0.25, 0.3) is 10.9 Å². The number of carboxylic acids is 1. The lowest BCUT2D eigenvalue weighted by atomic mass is 9.77. The maximum atomic E-state index is 14.3. The molecule has 0 saturated heterocycles. The minimum Gasteiger partial charge on any atom is -0.549 e. The lowest BCUT2D eigenvalue weighted by molar-refractivity contribution is -0.312. The summed E-state index contributed by atoms with van der Waals surface area (Å²) in [6.45, 7) is 1.41. The van der Waals surface area contributed by atoms with Crippen LogP contribution in [0.4, 0.5) is 17.6 Å². The number of aliphatic hydroxyl groups excluding tert-OH is 1. The number of rotatable bonds is 3. The van der Waals surface area contributed by atoms with Crippen LogP contribution >= 0.6 is 11.6 Å². The quantitative estimate of drug-likeness (QED) is 0.408. The molecular weight excluding hydrogens is 516 g/mol. The topological polar surface area (TPSA) is 95.2 Å². The Labute approximate surface area is 212 Å². The van der Waals surface area contributed by atoms with Gasteiger partial charge >= 0.3 is 6.18 Å². The first-order valence-corrected chi connectivity index (χ1v) is 11.1. The summed E-state index contributed by atoms with van der Waals surface area (Å²) in [4.78, 5) is 25.8. The monoisotopic (exact) mass is 531 g/mol. The number of hydrogen-bond acceptors (Lipinski definition) is 5. The number of aliphatic carboxylic acids is 1. The molecule has 1 heterocycles. The van der Waals surface area contributed by atoms with Crippen molar-refractivity contribution in [2.45, 2.75) is 31.0 Å². The Morgan fingerprint density at radius 2 is 2.00 bits per heavy atom. The molecule has 1 aliphatic carbocycles. The van der Waals surface area contributed by atoms with Gasteiger partial charge in [0.05, 0.1) is 38.7 Å². The molecule has 1 aromatic heterocycles. The van der Waals surface area contributed by atoms with Crippen molar-refractivity contribution < 1.29 is 37.4 Å². The summed E-state index contributed by atoms with van der Waals surface area (Å²) in [5, 5.41) is 25.4. The van der Waals surface area contributed by atoms with Gasteiger partial charge in [0, 0.05) is 17.4 Å². The van der Waals surface area contributed by atoms with E-state index >= 15 is 0 Å². The lowest BCUT2D eigenvalue weighted by Crippen LogP contribution is -2.46. The molecule has 0 fully saturated rings. The average Bonchev–Trinajstić information content (AvgIpc) is 3.20. The van der Waals surface area contributed by atoms with Crippen molar-refractivity contribution in [3.8, 4) is 11.8 Å². The number of aliphatic hydroxyl groups is 1. The molecule has 1 aliphatic rings. The van der Waals surface area contributed by atoms with Crippen LogP contribution in [0, 0.1) is 11.8 Å². The van der Waals surface area contributed by atoms with Crippen LogP contribution in [0.1, 0.15) is 40.5 Å².